The van der Waals surface area contributed by atoms with Crippen molar-refractivity contribution < 1.29 is 19.2 Å². The predicted molar refractivity (Wildman–Crippen MR) is 113 cm³/mol. The van der Waals surface area contributed by atoms with Crippen molar-refractivity contribution in [2.75, 3.05) is 6.54 Å². The standard InChI is InChI=1S/C23H31N3O4/c1-15(2)19-13-21(30-26-19)22(29)24-14-23(17-7-5-4-6-8-17)11-9-18(25-16(3)27)20(28)10-12-23/h4-8,13,15,18,20,28H,9-12,14H2,1-3H3,(H,24,29)(H,25,27)/t18-,20-,23-/m0/s1. The lowest BCUT2D eigenvalue weighted by atomic mass is 9.74. The van der Waals surface area contributed by atoms with E-state index in [9.17, 15) is 14.7 Å². The Kier molecular flexibility index (Phi) is 6.92. The van der Waals surface area contributed by atoms with Crippen molar-refractivity contribution in [2.45, 2.75) is 69.9 Å². The number of hydrogen-bond acceptors (Lipinski definition) is 5. The van der Waals surface area contributed by atoms with E-state index in [0.717, 1.165) is 17.7 Å². The highest BCUT2D eigenvalue weighted by Gasteiger charge is 2.38. The second kappa shape index (κ2) is 9.43. The first-order valence-corrected chi connectivity index (χ1v) is 10.6. The zero-order valence-corrected chi connectivity index (χ0v) is 17.9. The van der Waals surface area contributed by atoms with E-state index in [4.69, 9.17) is 4.52 Å². The Morgan fingerprint density at radius 3 is 2.57 bits per heavy atom. The molecule has 0 unspecified atom stereocenters. The molecule has 7 heteroatoms. The van der Waals surface area contributed by atoms with Crippen molar-refractivity contribution in [3.8, 4) is 0 Å². The topological polar surface area (TPSA) is 104 Å². The van der Waals surface area contributed by atoms with Gasteiger partial charge in [0.05, 0.1) is 17.8 Å². The molecule has 2 aromatic rings. The van der Waals surface area contributed by atoms with E-state index >= 15 is 0 Å². The molecule has 1 heterocycles. The van der Waals surface area contributed by atoms with Crippen LogP contribution in [0.1, 0.15) is 74.2 Å². The van der Waals surface area contributed by atoms with Gasteiger partial charge in [-0.25, -0.2) is 0 Å². The van der Waals surface area contributed by atoms with Crippen LogP contribution < -0.4 is 10.6 Å². The zero-order valence-electron chi connectivity index (χ0n) is 17.9. The van der Waals surface area contributed by atoms with Gasteiger partial charge in [-0.2, -0.15) is 0 Å². The molecule has 3 atom stereocenters. The van der Waals surface area contributed by atoms with Crippen LogP contribution in [0.2, 0.25) is 0 Å². The number of hydrogen-bond donors (Lipinski definition) is 3. The summed E-state index contributed by atoms with van der Waals surface area (Å²) in [6, 6.07) is 11.4. The molecule has 0 bridgehead atoms. The lowest BCUT2D eigenvalue weighted by Crippen LogP contribution is -2.42. The Balaban J connectivity index is 1.79. The van der Waals surface area contributed by atoms with Gasteiger partial charge in [-0.3, -0.25) is 9.59 Å². The van der Waals surface area contributed by atoms with Crippen molar-refractivity contribution in [1.82, 2.24) is 15.8 Å². The van der Waals surface area contributed by atoms with Crippen molar-refractivity contribution in [3.05, 3.63) is 53.4 Å². The van der Waals surface area contributed by atoms with Crippen LogP contribution in [0.25, 0.3) is 0 Å². The Morgan fingerprint density at radius 1 is 1.23 bits per heavy atom. The first-order chi connectivity index (χ1) is 14.3. The zero-order chi connectivity index (χ0) is 21.7. The monoisotopic (exact) mass is 413 g/mol. The van der Waals surface area contributed by atoms with Gasteiger partial charge in [-0.1, -0.05) is 49.3 Å². The molecule has 1 aromatic carbocycles. The predicted octanol–water partition coefficient (Wildman–Crippen LogP) is 2.91. The minimum Gasteiger partial charge on any atom is -0.391 e. The number of nitrogens with zero attached hydrogens (tertiary/aromatic N) is 1. The van der Waals surface area contributed by atoms with Crippen LogP contribution in [0.5, 0.6) is 0 Å². The fourth-order valence-electron chi connectivity index (χ4n) is 4.17. The van der Waals surface area contributed by atoms with Gasteiger partial charge < -0.3 is 20.3 Å². The molecule has 1 aliphatic rings. The van der Waals surface area contributed by atoms with E-state index in [1.54, 1.807) is 6.07 Å². The van der Waals surface area contributed by atoms with E-state index in [1.807, 2.05) is 32.0 Å². The van der Waals surface area contributed by atoms with Crippen molar-refractivity contribution in [3.63, 3.8) is 0 Å². The number of nitrogens with one attached hydrogen (secondary N) is 2. The van der Waals surface area contributed by atoms with Crippen LogP contribution in [0.3, 0.4) is 0 Å². The van der Waals surface area contributed by atoms with E-state index in [2.05, 4.69) is 27.9 Å². The van der Waals surface area contributed by atoms with Gasteiger partial charge in [-0.15, -0.1) is 0 Å². The molecule has 1 fully saturated rings. The summed E-state index contributed by atoms with van der Waals surface area (Å²) in [6.07, 6.45) is 1.98. The van der Waals surface area contributed by atoms with Gasteiger partial charge in [0.15, 0.2) is 0 Å². The van der Waals surface area contributed by atoms with E-state index in [0.29, 0.717) is 25.8 Å². The van der Waals surface area contributed by atoms with E-state index in [-0.39, 0.29) is 34.9 Å². The number of carbonyl (C=O) groups excluding carboxylic acids is 2. The molecule has 7 nitrogen and oxygen atoms in total. The summed E-state index contributed by atoms with van der Waals surface area (Å²) in [6.45, 7) is 5.86. The quantitative estimate of drug-likeness (QED) is 0.632. The molecule has 3 N–H and O–H groups in total. The molecule has 0 saturated heterocycles. The molecule has 0 spiro atoms. The summed E-state index contributed by atoms with van der Waals surface area (Å²) in [7, 11) is 0. The number of amides is 2. The van der Waals surface area contributed by atoms with Gasteiger partial charge in [0.1, 0.15) is 0 Å². The lowest BCUT2D eigenvalue weighted by Gasteiger charge is -2.33. The summed E-state index contributed by atoms with van der Waals surface area (Å²) < 4.78 is 5.22. The fourth-order valence-corrected chi connectivity index (χ4v) is 4.17. The molecule has 30 heavy (non-hydrogen) atoms. The fraction of sp³-hybridized carbons (Fsp3) is 0.522. The normalized spacial score (nSPS) is 24.3. The van der Waals surface area contributed by atoms with Crippen molar-refractivity contribution in [1.29, 1.82) is 0 Å². The third kappa shape index (κ3) is 5.08. The second-order valence-electron chi connectivity index (χ2n) is 8.55. The molecule has 1 aliphatic carbocycles. The largest absolute Gasteiger partial charge is 0.391 e. The van der Waals surface area contributed by atoms with Gasteiger partial charge in [0.2, 0.25) is 11.7 Å². The van der Waals surface area contributed by atoms with Crippen LogP contribution in [0.4, 0.5) is 0 Å². The van der Waals surface area contributed by atoms with Crippen molar-refractivity contribution in [2.24, 2.45) is 0 Å². The van der Waals surface area contributed by atoms with Crippen molar-refractivity contribution >= 4 is 11.8 Å². The molecule has 0 aliphatic heterocycles. The maximum absolute atomic E-state index is 12.7. The number of benzene rings is 1. The number of aliphatic hydroxyl groups excluding tert-OH is 1. The molecule has 1 saturated carbocycles. The summed E-state index contributed by atoms with van der Waals surface area (Å²) in [5, 5.41) is 20.4. The first kappa shape index (κ1) is 22.0. The third-order valence-electron chi connectivity index (χ3n) is 6.02. The average Bonchev–Trinajstić information content (AvgIpc) is 3.17. The summed E-state index contributed by atoms with van der Waals surface area (Å²) in [4.78, 5) is 24.2. The number of aliphatic hydroxyl groups is 1. The van der Waals surface area contributed by atoms with Gasteiger partial charge >= 0.3 is 0 Å². The second-order valence-corrected chi connectivity index (χ2v) is 8.55. The Morgan fingerprint density at radius 2 is 1.93 bits per heavy atom. The van der Waals surface area contributed by atoms with Crippen LogP contribution in [-0.2, 0) is 10.2 Å². The molecule has 0 radical (unpaired) electrons. The van der Waals surface area contributed by atoms with Crippen LogP contribution in [0.15, 0.2) is 40.9 Å². The number of carbonyl (C=O) groups is 2. The molecule has 2 amide bonds. The molecule has 162 valence electrons. The first-order valence-electron chi connectivity index (χ1n) is 10.6. The van der Waals surface area contributed by atoms with Gasteiger partial charge in [0.25, 0.3) is 5.91 Å². The maximum Gasteiger partial charge on any atom is 0.289 e. The highest BCUT2D eigenvalue weighted by molar-refractivity contribution is 5.91. The van der Waals surface area contributed by atoms with Gasteiger partial charge in [0, 0.05) is 24.9 Å². The minimum atomic E-state index is -0.613. The smallest absolute Gasteiger partial charge is 0.289 e. The van der Waals surface area contributed by atoms with Gasteiger partial charge in [-0.05, 0) is 37.2 Å². The average molecular weight is 414 g/mol. The highest BCUT2D eigenvalue weighted by atomic mass is 16.5. The Hall–Kier alpha value is -2.67. The number of rotatable bonds is 6. The van der Waals surface area contributed by atoms with Crippen LogP contribution >= 0.6 is 0 Å². The molecule has 1 aromatic heterocycles. The summed E-state index contributed by atoms with van der Waals surface area (Å²) in [5.74, 6) is -0.0644. The molecular weight excluding hydrogens is 382 g/mol. The molecule has 3 rings (SSSR count). The van der Waals surface area contributed by atoms with E-state index in [1.165, 1.54) is 6.92 Å². The van der Waals surface area contributed by atoms with Crippen LogP contribution in [-0.4, -0.2) is 40.8 Å². The third-order valence-corrected chi connectivity index (χ3v) is 6.02. The number of aromatic nitrogens is 1. The van der Waals surface area contributed by atoms with E-state index < -0.39 is 6.10 Å². The maximum atomic E-state index is 12.7. The van der Waals surface area contributed by atoms with Crippen LogP contribution in [0, 0.1) is 0 Å². The minimum absolute atomic E-state index is 0.147. The Bertz CT molecular complexity index is 864. The lowest BCUT2D eigenvalue weighted by molar-refractivity contribution is -0.120. The Labute approximate surface area is 177 Å². The summed E-state index contributed by atoms with van der Waals surface area (Å²) in [5.41, 5.74) is 1.52. The summed E-state index contributed by atoms with van der Waals surface area (Å²) >= 11 is 0. The molecular formula is C23H31N3O4. The highest BCUT2D eigenvalue weighted by Crippen LogP contribution is 2.38. The SMILES string of the molecule is CC(=O)N[C@H]1CC[C@](CNC(=O)c2cc(C(C)C)no2)(c2ccccc2)CC[C@@H]1O.